The molecule has 0 amide bonds. The van der Waals surface area contributed by atoms with Crippen LogP contribution in [0.1, 0.15) is 43.9 Å². The van der Waals surface area contributed by atoms with Crippen molar-refractivity contribution < 1.29 is 5.11 Å². The van der Waals surface area contributed by atoms with E-state index < -0.39 is 6.23 Å². The van der Waals surface area contributed by atoms with Crippen LogP contribution in [0.25, 0.3) is 0 Å². The number of unbranched alkanes of at least 4 members (excludes halogenated alkanes) is 1. The number of aliphatic hydroxyl groups is 1. The number of hydrogen-bond acceptors (Lipinski definition) is 3. The van der Waals surface area contributed by atoms with Crippen molar-refractivity contribution >= 4 is 23.2 Å². The monoisotopic (exact) mass is 313 g/mol. The van der Waals surface area contributed by atoms with Gasteiger partial charge in [0.05, 0.1) is 0 Å². The standard InChI is InChI=1S/C14H17Cl2N3O/c1-2-3-4-12(14(20)19-9-17-8-18-19)11-6-5-10(15)7-13(11)16/h5-9,12,14,20H,2-4H2,1H3. The fourth-order valence-corrected chi connectivity index (χ4v) is 2.78. The average molecular weight is 314 g/mol. The van der Waals surface area contributed by atoms with Gasteiger partial charge >= 0.3 is 0 Å². The zero-order chi connectivity index (χ0) is 14.5. The quantitative estimate of drug-likeness (QED) is 0.875. The molecule has 1 aromatic carbocycles. The van der Waals surface area contributed by atoms with E-state index in [1.54, 1.807) is 12.1 Å². The predicted molar refractivity (Wildman–Crippen MR) is 80.0 cm³/mol. The second-order valence-electron chi connectivity index (χ2n) is 4.70. The van der Waals surface area contributed by atoms with Gasteiger partial charge in [-0.15, -0.1) is 0 Å². The molecular weight excluding hydrogens is 297 g/mol. The molecule has 0 aliphatic heterocycles. The van der Waals surface area contributed by atoms with Gasteiger partial charge in [0.2, 0.25) is 0 Å². The minimum Gasteiger partial charge on any atom is -0.371 e. The lowest BCUT2D eigenvalue weighted by molar-refractivity contribution is 0.0569. The largest absolute Gasteiger partial charge is 0.371 e. The van der Waals surface area contributed by atoms with Gasteiger partial charge in [-0.2, -0.15) is 5.10 Å². The molecule has 0 spiro atoms. The summed E-state index contributed by atoms with van der Waals surface area (Å²) < 4.78 is 1.45. The predicted octanol–water partition coefficient (Wildman–Crippen LogP) is 4.05. The van der Waals surface area contributed by atoms with Gasteiger partial charge in [-0.05, 0) is 24.1 Å². The van der Waals surface area contributed by atoms with Gasteiger partial charge < -0.3 is 5.11 Å². The topological polar surface area (TPSA) is 50.9 Å². The van der Waals surface area contributed by atoms with Crippen molar-refractivity contribution in [3.05, 3.63) is 46.5 Å². The second kappa shape index (κ2) is 7.07. The lowest BCUT2D eigenvalue weighted by Gasteiger charge is -2.24. The van der Waals surface area contributed by atoms with Gasteiger partial charge in [0, 0.05) is 16.0 Å². The molecule has 2 atom stereocenters. The third-order valence-electron chi connectivity index (χ3n) is 3.30. The van der Waals surface area contributed by atoms with Gasteiger partial charge in [0.1, 0.15) is 12.7 Å². The Morgan fingerprint density at radius 2 is 2.15 bits per heavy atom. The Balaban J connectivity index is 2.31. The molecule has 2 rings (SSSR count). The summed E-state index contributed by atoms with van der Waals surface area (Å²) in [5.41, 5.74) is 0.882. The van der Waals surface area contributed by atoms with Gasteiger partial charge in [0.25, 0.3) is 0 Å². The number of hydrogen-bond donors (Lipinski definition) is 1. The van der Waals surface area contributed by atoms with E-state index in [0.29, 0.717) is 10.0 Å². The number of nitrogens with zero attached hydrogens (tertiary/aromatic N) is 3. The van der Waals surface area contributed by atoms with Gasteiger partial charge in [-0.1, -0.05) is 49.0 Å². The molecule has 6 heteroatoms. The molecule has 20 heavy (non-hydrogen) atoms. The molecule has 108 valence electrons. The third-order valence-corrected chi connectivity index (χ3v) is 3.86. The first-order valence-corrected chi connectivity index (χ1v) is 7.36. The van der Waals surface area contributed by atoms with Crippen LogP contribution in [-0.2, 0) is 0 Å². The first-order chi connectivity index (χ1) is 9.63. The van der Waals surface area contributed by atoms with Crippen LogP contribution < -0.4 is 0 Å². The van der Waals surface area contributed by atoms with E-state index in [1.807, 2.05) is 6.07 Å². The first-order valence-electron chi connectivity index (χ1n) is 6.60. The summed E-state index contributed by atoms with van der Waals surface area (Å²) in [5.74, 6) is -0.138. The average Bonchev–Trinajstić information content (AvgIpc) is 2.94. The van der Waals surface area contributed by atoms with Crippen LogP contribution in [0.2, 0.25) is 10.0 Å². The van der Waals surface area contributed by atoms with Crippen molar-refractivity contribution in [2.75, 3.05) is 0 Å². The van der Waals surface area contributed by atoms with Crippen LogP contribution in [0.3, 0.4) is 0 Å². The lowest BCUT2D eigenvalue weighted by Crippen LogP contribution is -2.18. The van der Waals surface area contributed by atoms with Crippen LogP contribution in [0.15, 0.2) is 30.9 Å². The molecule has 0 saturated carbocycles. The summed E-state index contributed by atoms with van der Waals surface area (Å²) in [6, 6.07) is 5.35. The molecule has 4 nitrogen and oxygen atoms in total. The lowest BCUT2D eigenvalue weighted by atomic mass is 9.92. The van der Waals surface area contributed by atoms with Crippen molar-refractivity contribution in [1.29, 1.82) is 0 Å². The fourth-order valence-electron chi connectivity index (χ4n) is 2.23. The van der Waals surface area contributed by atoms with E-state index in [9.17, 15) is 5.11 Å². The third kappa shape index (κ3) is 3.51. The molecule has 0 bridgehead atoms. The Bertz CT molecular complexity index is 545. The maximum absolute atomic E-state index is 10.5. The Morgan fingerprint density at radius 3 is 2.75 bits per heavy atom. The molecular formula is C14H17Cl2N3O. The molecule has 1 N–H and O–H groups in total. The van der Waals surface area contributed by atoms with Gasteiger partial charge in [0.15, 0.2) is 6.23 Å². The molecule has 0 fully saturated rings. The minimum atomic E-state index is -0.789. The van der Waals surface area contributed by atoms with E-state index in [4.69, 9.17) is 23.2 Å². The van der Waals surface area contributed by atoms with E-state index in [-0.39, 0.29) is 5.92 Å². The maximum Gasteiger partial charge on any atom is 0.155 e. The summed E-state index contributed by atoms with van der Waals surface area (Å²) >= 11 is 12.2. The Kier molecular flexibility index (Phi) is 5.40. The minimum absolute atomic E-state index is 0.138. The zero-order valence-corrected chi connectivity index (χ0v) is 12.7. The van der Waals surface area contributed by atoms with E-state index in [2.05, 4.69) is 17.0 Å². The molecule has 1 heterocycles. The van der Waals surface area contributed by atoms with Gasteiger partial charge in [-0.25, -0.2) is 9.67 Å². The fraction of sp³-hybridized carbons (Fsp3) is 0.429. The van der Waals surface area contributed by atoms with Crippen LogP contribution in [-0.4, -0.2) is 19.9 Å². The Morgan fingerprint density at radius 1 is 1.35 bits per heavy atom. The molecule has 0 saturated heterocycles. The number of aliphatic hydroxyl groups excluding tert-OH is 1. The van der Waals surface area contributed by atoms with Gasteiger partial charge in [-0.3, -0.25) is 0 Å². The highest BCUT2D eigenvalue weighted by molar-refractivity contribution is 6.35. The highest BCUT2D eigenvalue weighted by Crippen LogP contribution is 2.36. The molecule has 1 aromatic heterocycles. The summed E-state index contributed by atoms with van der Waals surface area (Å²) in [4.78, 5) is 3.87. The summed E-state index contributed by atoms with van der Waals surface area (Å²) in [6.07, 6.45) is 4.99. The van der Waals surface area contributed by atoms with Crippen molar-refractivity contribution in [3.8, 4) is 0 Å². The van der Waals surface area contributed by atoms with Crippen molar-refractivity contribution in [2.45, 2.75) is 38.3 Å². The molecule has 0 radical (unpaired) electrons. The molecule has 2 aromatic rings. The first kappa shape index (κ1) is 15.3. The van der Waals surface area contributed by atoms with Crippen LogP contribution in [0.5, 0.6) is 0 Å². The molecule has 2 unspecified atom stereocenters. The summed E-state index contributed by atoms with van der Waals surface area (Å²) in [6.45, 7) is 2.11. The van der Waals surface area contributed by atoms with Crippen LogP contribution >= 0.6 is 23.2 Å². The van der Waals surface area contributed by atoms with Crippen LogP contribution in [0, 0.1) is 0 Å². The van der Waals surface area contributed by atoms with Crippen molar-refractivity contribution in [3.63, 3.8) is 0 Å². The van der Waals surface area contributed by atoms with Crippen LogP contribution in [0.4, 0.5) is 0 Å². The number of benzene rings is 1. The molecule has 0 aliphatic carbocycles. The van der Waals surface area contributed by atoms with E-state index in [0.717, 1.165) is 24.8 Å². The number of rotatable bonds is 6. The Hall–Kier alpha value is -1.10. The van der Waals surface area contributed by atoms with Crippen molar-refractivity contribution in [2.24, 2.45) is 0 Å². The van der Waals surface area contributed by atoms with Crippen molar-refractivity contribution in [1.82, 2.24) is 14.8 Å². The highest BCUT2D eigenvalue weighted by Gasteiger charge is 2.24. The molecule has 0 aliphatic rings. The normalized spacial score (nSPS) is 14.2. The maximum atomic E-state index is 10.5. The van der Waals surface area contributed by atoms with E-state index >= 15 is 0 Å². The number of halogens is 2. The van der Waals surface area contributed by atoms with E-state index in [1.165, 1.54) is 17.3 Å². The Labute approximate surface area is 128 Å². The zero-order valence-electron chi connectivity index (χ0n) is 11.2. The SMILES string of the molecule is CCCCC(c1ccc(Cl)cc1Cl)C(O)n1cncn1. The number of aromatic nitrogens is 3. The second-order valence-corrected chi connectivity index (χ2v) is 5.55. The summed E-state index contributed by atoms with van der Waals surface area (Å²) in [7, 11) is 0. The summed E-state index contributed by atoms with van der Waals surface area (Å²) in [5, 5.41) is 15.7. The smallest absolute Gasteiger partial charge is 0.155 e. The highest BCUT2D eigenvalue weighted by atomic mass is 35.5.